The normalized spacial score (nSPS) is 15.8. The van der Waals surface area contributed by atoms with E-state index in [1.807, 2.05) is 6.07 Å². The van der Waals surface area contributed by atoms with Crippen LogP contribution >= 0.6 is 23.1 Å². The number of anilines is 2. The summed E-state index contributed by atoms with van der Waals surface area (Å²) in [4.78, 5) is 35.1. The number of nitrogens with one attached hydrogen (secondary N) is 1. The lowest BCUT2D eigenvalue weighted by Crippen LogP contribution is -2.09. The van der Waals surface area contributed by atoms with E-state index in [0.29, 0.717) is 33.9 Å². The highest BCUT2D eigenvalue weighted by Gasteiger charge is 2.23. The van der Waals surface area contributed by atoms with E-state index in [9.17, 15) is 9.59 Å². The number of nitrogens with zero attached hydrogens (tertiary/aromatic N) is 2. The molecule has 3 N–H and O–H groups in total. The molecular weight excluding hydrogens is 444 g/mol. The Morgan fingerprint density at radius 2 is 2.19 bits per heavy atom. The predicted molar refractivity (Wildman–Crippen MR) is 129 cm³/mol. The minimum Gasteiger partial charge on any atom is -0.423 e. The Morgan fingerprint density at radius 3 is 3.00 bits per heavy atom. The fourth-order valence-electron chi connectivity index (χ4n) is 4.19. The van der Waals surface area contributed by atoms with Crippen LogP contribution in [0.15, 0.2) is 38.6 Å². The van der Waals surface area contributed by atoms with Crippen LogP contribution in [0.1, 0.15) is 36.3 Å². The SMILES string of the molecule is CC(=O)Nc1ccc2c(CSc3nc(N)c4c5c(sc4n3)CC(C)CC5)cc(=O)oc2c1. The summed E-state index contributed by atoms with van der Waals surface area (Å²) < 4.78 is 5.34. The number of thioether (sulfide) groups is 1. The maximum Gasteiger partial charge on any atom is 0.336 e. The molecular formula is C23H22N4O3S2. The highest BCUT2D eigenvalue weighted by molar-refractivity contribution is 7.98. The van der Waals surface area contributed by atoms with Gasteiger partial charge < -0.3 is 15.5 Å². The lowest BCUT2D eigenvalue weighted by Gasteiger charge is -2.17. The van der Waals surface area contributed by atoms with Crippen LogP contribution in [0.3, 0.4) is 0 Å². The maximum atomic E-state index is 12.1. The number of thiophene rings is 1. The van der Waals surface area contributed by atoms with Gasteiger partial charge in [-0.15, -0.1) is 11.3 Å². The van der Waals surface area contributed by atoms with Gasteiger partial charge in [0.05, 0.1) is 5.39 Å². The molecule has 1 unspecified atom stereocenters. The van der Waals surface area contributed by atoms with Crippen molar-refractivity contribution in [3.8, 4) is 0 Å². The Labute approximate surface area is 192 Å². The molecule has 1 amide bonds. The predicted octanol–water partition coefficient (Wildman–Crippen LogP) is 4.76. The number of aromatic nitrogens is 2. The van der Waals surface area contributed by atoms with Gasteiger partial charge in [0.15, 0.2) is 5.16 Å². The fraction of sp³-hybridized carbons (Fsp3) is 0.304. The van der Waals surface area contributed by atoms with Crippen molar-refractivity contribution in [1.82, 2.24) is 9.97 Å². The first-order valence-corrected chi connectivity index (χ1v) is 12.2. The van der Waals surface area contributed by atoms with E-state index < -0.39 is 5.63 Å². The van der Waals surface area contributed by atoms with Crippen molar-refractivity contribution in [2.24, 2.45) is 5.92 Å². The van der Waals surface area contributed by atoms with Gasteiger partial charge in [0.1, 0.15) is 16.2 Å². The van der Waals surface area contributed by atoms with Gasteiger partial charge in [-0.05, 0) is 48.4 Å². The zero-order chi connectivity index (χ0) is 22.4. The maximum absolute atomic E-state index is 12.1. The number of aryl methyl sites for hydroxylation is 1. The number of hydrogen-bond donors (Lipinski definition) is 2. The van der Waals surface area contributed by atoms with E-state index in [1.165, 1.54) is 41.6 Å². The van der Waals surface area contributed by atoms with Gasteiger partial charge in [0.2, 0.25) is 5.91 Å². The number of nitrogen functional groups attached to an aromatic ring is 1. The van der Waals surface area contributed by atoms with Crippen molar-refractivity contribution in [3.63, 3.8) is 0 Å². The van der Waals surface area contributed by atoms with Crippen LogP contribution in [0.25, 0.3) is 21.2 Å². The van der Waals surface area contributed by atoms with Gasteiger partial charge in [-0.1, -0.05) is 18.7 Å². The van der Waals surface area contributed by atoms with E-state index in [1.54, 1.807) is 23.5 Å². The topological polar surface area (TPSA) is 111 Å². The van der Waals surface area contributed by atoms with E-state index in [0.717, 1.165) is 34.0 Å². The minimum absolute atomic E-state index is 0.187. The van der Waals surface area contributed by atoms with Gasteiger partial charge in [-0.3, -0.25) is 4.79 Å². The number of benzene rings is 1. The summed E-state index contributed by atoms with van der Waals surface area (Å²) in [5.41, 5.74) is 9.04. The number of nitrogens with two attached hydrogens (primary N) is 1. The zero-order valence-electron chi connectivity index (χ0n) is 17.7. The molecule has 0 aliphatic heterocycles. The molecule has 0 radical (unpaired) electrons. The van der Waals surface area contributed by atoms with Crippen LogP contribution in [0.4, 0.5) is 11.5 Å². The van der Waals surface area contributed by atoms with Crippen molar-refractivity contribution >= 4 is 61.7 Å². The minimum atomic E-state index is -0.441. The highest BCUT2D eigenvalue weighted by atomic mass is 32.2. The fourth-order valence-corrected chi connectivity index (χ4v) is 6.48. The van der Waals surface area contributed by atoms with Crippen molar-refractivity contribution in [1.29, 1.82) is 0 Å². The first-order chi connectivity index (χ1) is 15.4. The van der Waals surface area contributed by atoms with Crippen LogP contribution in [0, 0.1) is 5.92 Å². The molecule has 0 saturated heterocycles. The second-order valence-corrected chi connectivity index (χ2v) is 10.2. The first-order valence-electron chi connectivity index (χ1n) is 10.4. The molecule has 1 atom stereocenters. The summed E-state index contributed by atoms with van der Waals surface area (Å²) in [5, 5.41) is 5.11. The third-order valence-corrected chi connectivity index (χ3v) is 7.71. The third-order valence-electron chi connectivity index (χ3n) is 5.67. The Balaban J connectivity index is 1.45. The third kappa shape index (κ3) is 3.98. The Bertz CT molecular complexity index is 1430. The second kappa shape index (κ2) is 8.22. The molecule has 1 aliphatic rings. The average Bonchev–Trinajstić information content (AvgIpc) is 3.08. The molecule has 1 aromatic carbocycles. The van der Waals surface area contributed by atoms with Crippen LogP contribution < -0.4 is 16.7 Å². The van der Waals surface area contributed by atoms with E-state index in [-0.39, 0.29) is 5.91 Å². The number of fused-ring (bicyclic) bond motifs is 4. The lowest BCUT2D eigenvalue weighted by molar-refractivity contribution is -0.114. The van der Waals surface area contributed by atoms with Crippen molar-refractivity contribution in [2.75, 3.05) is 11.1 Å². The molecule has 4 aromatic rings. The van der Waals surface area contributed by atoms with E-state index >= 15 is 0 Å². The lowest BCUT2D eigenvalue weighted by atomic mass is 9.89. The van der Waals surface area contributed by atoms with Crippen LogP contribution in [-0.2, 0) is 23.4 Å². The molecule has 3 heterocycles. The number of amides is 1. The van der Waals surface area contributed by atoms with Crippen LogP contribution in [0.2, 0.25) is 0 Å². The monoisotopic (exact) mass is 466 g/mol. The zero-order valence-corrected chi connectivity index (χ0v) is 19.4. The Morgan fingerprint density at radius 1 is 1.34 bits per heavy atom. The van der Waals surface area contributed by atoms with E-state index in [2.05, 4.69) is 17.2 Å². The van der Waals surface area contributed by atoms with Crippen LogP contribution in [-0.4, -0.2) is 15.9 Å². The molecule has 0 bridgehead atoms. The summed E-state index contributed by atoms with van der Waals surface area (Å²) in [5.74, 6) is 1.52. The number of carbonyl (C=O) groups excluding carboxylic acids is 1. The van der Waals surface area contributed by atoms with E-state index in [4.69, 9.17) is 15.1 Å². The average molecular weight is 467 g/mol. The molecule has 0 saturated carbocycles. The molecule has 7 nitrogen and oxygen atoms in total. The van der Waals surface area contributed by atoms with Gasteiger partial charge >= 0.3 is 5.63 Å². The molecule has 9 heteroatoms. The molecule has 32 heavy (non-hydrogen) atoms. The summed E-state index contributed by atoms with van der Waals surface area (Å²) in [6.45, 7) is 3.71. The van der Waals surface area contributed by atoms with Crippen molar-refractivity contribution in [3.05, 3.63) is 50.7 Å². The Kier molecular flexibility index (Phi) is 5.38. The molecule has 1 aliphatic carbocycles. The van der Waals surface area contributed by atoms with Gasteiger partial charge in [-0.2, -0.15) is 0 Å². The van der Waals surface area contributed by atoms with Gasteiger partial charge in [-0.25, -0.2) is 14.8 Å². The van der Waals surface area contributed by atoms with Crippen molar-refractivity contribution in [2.45, 2.75) is 44.0 Å². The van der Waals surface area contributed by atoms with Gasteiger partial charge in [0, 0.05) is 40.8 Å². The molecule has 5 rings (SSSR count). The largest absolute Gasteiger partial charge is 0.423 e. The summed E-state index contributed by atoms with van der Waals surface area (Å²) >= 11 is 3.16. The molecule has 164 valence electrons. The number of carbonyl (C=O) groups is 1. The standard InChI is InChI=1S/C23H22N4O3S2/c1-11-3-5-16-18(7-11)32-22-20(16)21(24)26-23(27-22)31-10-13-8-19(29)30-17-9-14(25-12(2)28)4-6-15(13)17/h4,6,8-9,11H,3,5,7,10H2,1-2H3,(H,25,28)(H2,24,26,27). The highest BCUT2D eigenvalue weighted by Crippen LogP contribution is 2.40. The summed E-state index contributed by atoms with van der Waals surface area (Å²) in [6.07, 6.45) is 3.27. The van der Waals surface area contributed by atoms with Gasteiger partial charge in [0.25, 0.3) is 0 Å². The number of hydrogen-bond acceptors (Lipinski definition) is 8. The molecule has 3 aromatic heterocycles. The first kappa shape index (κ1) is 21.0. The number of rotatable bonds is 4. The summed E-state index contributed by atoms with van der Waals surface area (Å²) in [7, 11) is 0. The molecule has 0 fully saturated rings. The Hall–Kier alpha value is -2.91. The second-order valence-electron chi connectivity index (χ2n) is 8.19. The quantitative estimate of drug-likeness (QED) is 0.253. The van der Waals surface area contributed by atoms with Crippen LogP contribution in [0.5, 0.6) is 0 Å². The van der Waals surface area contributed by atoms with Crippen molar-refractivity contribution < 1.29 is 9.21 Å². The molecule has 0 spiro atoms. The smallest absolute Gasteiger partial charge is 0.336 e. The summed E-state index contributed by atoms with van der Waals surface area (Å²) in [6, 6.07) is 6.77.